The summed E-state index contributed by atoms with van der Waals surface area (Å²) in [5, 5.41) is 0. The summed E-state index contributed by atoms with van der Waals surface area (Å²) in [4.78, 5) is 0. The third-order valence-electron chi connectivity index (χ3n) is 5.50. The van der Waals surface area contributed by atoms with Gasteiger partial charge in [0, 0.05) is 0 Å². The number of hydrogen-bond donors (Lipinski definition) is 0. The van der Waals surface area contributed by atoms with E-state index < -0.39 is 0 Å². The van der Waals surface area contributed by atoms with E-state index in [2.05, 4.69) is 27.7 Å². The van der Waals surface area contributed by atoms with Crippen LogP contribution in [0.4, 0.5) is 0 Å². The molecule has 0 aromatic heterocycles. The smallest absolute Gasteiger partial charge is 0.117 e. The highest BCUT2D eigenvalue weighted by atomic mass is 16.6. The standard InChI is InChI=1S/C18H34O3/c1-5-7-9-15(3)17(13-20-17)11-19-12-18(14-21-18)16(4)10-8-6-2/h15-16H,5-14H2,1-4H3. The molecule has 0 bridgehead atoms. The lowest BCUT2D eigenvalue weighted by Crippen LogP contribution is -2.33. The monoisotopic (exact) mass is 298 g/mol. The Hall–Kier alpha value is -0.120. The molecule has 2 fully saturated rings. The van der Waals surface area contributed by atoms with Gasteiger partial charge in [0.1, 0.15) is 11.2 Å². The minimum Gasteiger partial charge on any atom is -0.375 e. The van der Waals surface area contributed by atoms with E-state index in [-0.39, 0.29) is 11.2 Å². The molecule has 2 saturated heterocycles. The molecular formula is C18H34O3. The Morgan fingerprint density at radius 1 is 0.857 bits per heavy atom. The van der Waals surface area contributed by atoms with Gasteiger partial charge in [-0.2, -0.15) is 0 Å². The Balaban J connectivity index is 1.69. The highest BCUT2D eigenvalue weighted by molar-refractivity contribution is 4.99. The predicted octanol–water partition coefficient (Wildman–Crippen LogP) is 4.19. The number of rotatable bonds is 12. The lowest BCUT2D eigenvalue weighted by molar-refractivity contribution is 0.0105. The van der Waals surface area contributed by atoms with Gasteiger partial charge in [-0.15, -0.1) is 0 Å². The number of hydrogen-bond acceptors (Lipinski definition) is 3. The Bertz CT molecular complexity index is 278. The molecule has 3 nitrogen and oxygen atoms in total. The normalized spacial score (nSPS) is 33.7. The Kier molecular flexibility index (Phi) is 6.10. The van der Waals surface area contributed by atoms with Crippen LogP contribution in [0.15, 0.2) is 0 Å². The van der Waals surface area contributed by atoms with Gasteiger partial charge in [0.15, 0.2) is 0 Å². The third-order valence-corrected chi connectivity index (χ3v) is 5.50. The maximum Gasteiger partial charge on any atom is 0.117 e. The maximum absolute atomic E-state index is 6.04. The topological polar surface area (TPSA) is 34.3 Å². The van der Waals surface area contributed by atoms with Crippen LogP contribution in [-0.4, -0.2) is 37.6 Å². The minimum atomic E-state index is 0.0118. The largest absolute Gasteiger partial charge is 0.375 e. The van der Waals surface area contributed by atoms with Crippen molar-refractivity contribution in [2.24, 2.45) is 11.8 Å². The second-order valence-corrected chi connectivity index (χ2v) is 7.29. The molecule has 4 atom stereocenters. The average Bonchev–Trinajstić information content (AvgIpc) is 3.38. The van der Waals surface area contributed by atoms with Crippen molar-refractivity contribution in [2.45, 2.75) is 77.4 Å². The van der Waals surface area contributed by atoms with Crippen LogP contribution in [0.25, 0.3) is 0 Å². The van der Waals surface area contributed by atoms with Crippen molar-refractivity contribution >= 4 is 0 Å². The van der Waals surface area contributed by atoms with Gasteiger partial charge in [-0.05, 0) is 24.7 Å². The zero-order valence-corrected chi connectivity index (χ0v) is 14.5. The fraction of sp³-hybridized carbons (Fsp3) is 1.00. The van der Waals surface area contributed by atoms with E-state index in [1.807, 2.05) is 0 Å². The van der Waals surface area contributed by atoms with Crippen LogP contribution >= 0.6 is 0 Å². The van der Waals surface area contributed by atoms with Crippen LogP contribution in [0.5, 0.6) is 0 Å². The van der Waals surface area contributed by atoms with Crippen LogP contribution in [0.1, 0.15) is 66.2 Å². The highest BCUT2D eigenvalue weighted by Crippen LogP contribution is 2.41. The summed E-state index contributed by atoms with van der Waals surface area (Å²) in [7, 11) is 0. The first-order valence-corrected chi connectivity index (χ1v) is 8.94. The molecule has 0 spiro atoms. The van der Waals surface area contributed by atoms with Gasteiger partial charge in [0.2, 0.25) is 0 Å². The molecule has 2 aliphatic rings. The molecule has 4 unspecified atom stereocenters. The van der Waals surface area contributed by atoms with Crippen molar-refractivity contribution in [3.8, 4) is 0 Å². The SMILES string of the molecule is CCCCC(C)C1(COCC2(C(C)CCCC)CO2)CO1. The summed E-state index contributed by atoms with van der Waals surface area (Å²) in [6, 6.07) is 0. The van der Waals surface area contributed by atoms with Crippen molar-refractivity contribution in [3.05, 3.63) is 0 Å². The van der Waals surface area contributed by atoms with Crippen LogP contribution in [0.2, 0.25) is 0 Å². The second-order valence-electron chi connectivity index (χ2n) is 7.29. The van der Waals surface area contributed by atoms with Crippen LogP contribution in [-0.2, 0) is 14.2 Å². The molecule has 0 aliphatic carbocycles. The van der Waals surface area contributed by atoms with Gasteiger partial charge in [0.05, 0.1) is 26.4 Å². The van der Waals surface area contributed by atoms with E-state index in [0.717, 1.165) is 26.4 Å². The van der Waals surface area contributed by atoms with Gasteiger partial charge in [-0.1, -0.05) is 53.4 Å². The Labute approximate surface area is 130 Å². The fourth-order valence-corrected chi connectivity index (χ4v) is 3.15. The average molecular weight is 298 g/mol. The van der Waals surface area contributed by atoms with Crippen molar-refractivity contribution in [3.63, 3.8) is 0 Å². The molecular weight excluding hydrogens is 264 g/mol. The molecule has 2 aliphatic heterocycles. The van der Waals surface area contributed by atoms with Gasteiger partial charge < -0.3 is 14.2 Å². The minimum absolute atomic E-state index is 0.0118. The molecule has 2 rings (SSSR count). The number of ether oxygens (including phenoxy) is 3. The molecule has 0 saturated carbocycles. The zero-order chi connectivity index (χ0) is 15.3. The van der Waals surface area contributed by atoms with Crippen molar-refractivity contribution in [1.82, 2.24) is 0 Å². The molecule has 0 aromatic rings. The van der Waals surface area contributed by atoms with Crippen LogP contribution in [0, 0.1) is 11.8 Å². The van der Waals surface area contributed by atoms with Crippen molar-refractivity contribution in [2.75, 3.05) is 26.4 Å². The summed E-state index contributed by atoms with van der Waals surface area (Å²) in [5.74, 6) is 1.21. The first-order chi connectivity index (χ1) is 10.1. The molecule has 0 radical (unpaired) electrons. The van der Waals surface area contributed by atoms with Gasteiger partial charge in [-0.25, -0.2) is 0 Å². The maximum atomic E-state index is 6.04. The van der Waals surface area contributed by atoms with Crippen LogP contribution in [0.3, 0.4) is 0 Å². The zero-order valence-electron chi connectivity index (χ0n) is 14.5. The second kappa shape index (κ2) is 7.43. The molecule has 3 heteroatoms. The predicted molar refractivity (Wildman–Crippen MR) is 85.6 cm³/mol. The van der Waals surface area contributed by atoms with E-state index >= 15 is 0 Å². The highest BCUT2D eigenvalue weighted by Gasteiger charge is 2.52. The van der Waals surface area contributed by atoms with Gasteiger partial charge in [0.25, 0.3) is 0 Å². The van der Waals surface area contributed by atoms with Crippen molar-refractivity contribution in [1.29, 1.82) is 0 Å². The van der Waals surface area contributed by atoms with Gasteiger partial charge in [-0.3, -0.25) is 0 Å². The number of epoxide rings is 2. The van der Waals surface area contributed by atoms with E-state index in [1.54, 1.807) is 0 Å². The van der Waals surface area contributed by atoms with E-state index in [1.165, 1.54) is 38.5 Å². The molecule has 124 valence electrons. The van der Waals surface area contributed by atoms with E-state index in [9.17, 15) is 0 Å². The Morgan fingerprint density at radius 3 is 1.52 bits per heavy atom. The van der Waals surface area contributed by atoms with Crippen molar-refractivity contribution < 1.29 is 14.2 Å². The molecule has 21 heavy (non-hydrogen) atoms. The lowest BCUT2D eigenvalue weighted by Gasteiger charge is -2.23. The van der Waals surface area contributed by atoms with Gasteiger partial charge >= 0.3 is 0 Å². The fourth-order valence-electron chi connectivity index (χ4n) is 3.15. The van der Waals surface area contributed by atoms with E-state index in [0.29, 0.717) is 11.8 Å². The molecule has 0 aromatic carbocycles. The van der Waals surface area contributed by atoms with Crippen LogP contribution < -0.4 is 0 Å². The quantitative estimate of drug-likeness (QED) is 0.507. The summed E-state index contributed by atoms with van der Waals surface area (Å²) in [5.41, 5.74) is 0.0236. The summed E-state index contributed by atoms with van der Waals surface area (Å²) >= 11 is 0. The third kappa shape index (κ3) is 4.43. The molecule has 2 heterocycles. The Morgan fingerprint density at radius 2 is 1.24 bits per heavy atom. The first-order valence-electron chi connectivity index (χ1n) is 8.94. The van der Waals surface area contributed by atoms with E-state index in [4.69, 9.17) is 14.2 Å². The molecule has 0 N–H and O–H groups in total. The molecule has 0 amide bonds. The lowest BCUT2D eigenvalue weighted by atomic mass is 9.89. The number of unbranched alkanes of at least 4 members (excludes halogenated alkanes) is 2. The summed E-state index contributed by atoms with van der Waals surface area (Å²) in [6.07, 6.45) is 7.57. The summed E-state index contributed by atoms with van der Waals surface area (Å²) in [6.45, 7) is 12.3. The first kappa shape index (κ1) is 17.2. The summed E-state index contributed by atoms with van der Waals surface area (Å²) < 4.78 is 17.5.